The number of aliphatic hydroxyl groups is 1. The second-order valence-corrected chi connectivity index (χ2v) is 6.18. The van der Waals surface area contributed by atoms with Crippen molar-refractivity contribution in [2.75, 3.05) is 12.4 Å². The monoisotopic (exact) mass is 353 g/mol. The van der Waals surface area contributed by atoms with E-state index in [1.165, 1.54) is 0 Å². The molecule has 5 heteroatoms. The van der Waals surface area contributed by atoms with Crippen LogP contribution in [0.3, 0.4) is 0 Å². The van der Waals surface area contributed by atoms with Crippen molar-refractivity contribution >= 4 is 27.7 Å². The van der Waals surface area contributed by atoms with E-state index in [9.17, 15) is 5.11 Å². The lowest BCUT2D eigenvalue weighted by atomic mass is 10.2. The molecule has 0 saturated heterocycles. The van der Waals surface area contributed by atoms with Gasteiger partial charge in [-0.3, -0.25) is 4.98 Å². The van der Waals surface area contributed by atoms with Crippen LogP contribution in [0.5, 0.6) is 5.75 Å². The number of nitrogens with zero attached hydrogens (tertiary/aromatic N) is 1. The van der Waals surface area contributed by atoms with Crippen LogP contribution < -0.4 is 4.74 Å². The Hall–Kier alpha value is -1.04. The Kier molecular flexibility index (Phi) is 5.88. The lowest BCUT2D eigenvalue weighted by Crippen LogP contribution is -2.02. The second kappa shape index (κ2) is 7.67. The molecule has 3 nitrogen and oxygen atoms in total. The van der Waals surface area contributed by atoms with Crippen molar-refractivity contribution in [3.8, 4) is 5.75 Å². The average molecular weight is 354 g/mol. The topological polar surface area (TPSA) is 42.4 Å². The highest BCUT2D eigenvalue weighted by Crippen LogP contribution is 2.27. The van der Waals surface area contributed by atoms with Gasteiger partial charge in [-0.15, -0.1) is 11.8 Å². The Morgan fingerprint density at radius 1 is 1.35 bits per heavy atom. The Morgan fingerprint density at radius 2 is 2.20 bits per heavy atom. The Bertz CT molecular complexity index is 565. The number of thioether (sulfide) groups is 1. The van der Waals surface area contributed by atoms with E-state index in [4.69, 9.17) is 4.74 Å². The zero-order valence-electron chi connectivity index (χ0n) is 11.1. The summed E-state index contributed by atoms with van der Waals surface area (Å²) >= 11 is 5.05. The SMILES string of the molecule is CCOc1cncc(C(O)CSc2cccc(Br)c2)c1. The molecule has 106 valence electrons. The minimum atomic E-state index is -0.563. The van der Waals surface area contributed by atoms with Crippen LogP contribution >= 0.6 is 27.7 Å². The van der Waals surface area contributed by atoms with Crippen molar-refractivity contribution in [2.45, 2.75) is 17.9 Å². The Balaban J connectivity index is 1.97. The van der Waals surface area contributed by atoms with Crippen LogP contribution in [0.2, 0.25) is 0 Å². The van der Waals surface area contributed by atoms with Gasteiger partial charge in [0.25, 0.3) is 0 Å². The lowest BCUT2D eigenvalue weighted by molar-refractivity contribution is 0.203. The van der Waals surface area contributed by atoms with Gasteiger partial charge < -0.3 is 9.84 Å². The molecular formula is C15H16BrNO2S. The van der Waals surface area contributed by atoms with E-state index >= 15 is 0 Å². The largest absolute Gasteiger partial charge is 0.492 e. The minimum absolute atomic E-state index is 0.563. The van der Waals surface area contributed by atoms with Crippen LogP contribution in [-0.4, -0.2) is 22.5 Å². The molecule has 0 amide bonds. The Morgan fingerprint density at radius 3 is 2.95 bits per heavy atom. The molecule has 0 aliphatic rings. The zero-order chi connectivity index (χ0) is 14.4. The molecule has 1 unspecified atom stereocenters. The number of pyridine rings is 1. The predicted octanol–water partition coefficient (Wildman–Crippen LogP) is 4.07. The molecule has 1 aromatic carbocycles. The van der Waals surface area contributed by atoms with Crippen LogP contribution in [-0.2, 0) is 0 Å². The second-order valence-electron chi connectivity index (χ2n) is 4.17. The quantitative estimate of drug-likeness (QED) is 0.794. The predicted molar refractivity (Wildman–Crippen MR) is 85.2 cm³/mol. The van der Waals surface area contributed by atoms with Gasteiger partial charge in [0.1, 0.15) is 5.75 Å². The molecule has 0 radical (unpaired) electrons. The maximum absolute atomic E-state index is 10.2. The van der Waals surface area contributed by atoms with Crippen LogP contribution in [0.25, 0.3) is 0 Å². The lowest BCUT2D eigenvalue weighted by Gasteiger charge is -2.12. The van der Waals surface area contributed by atoms with E-state index < -0.39 is 6.10 Å². The smallest absolute Gasteiger partial charge is 0.137 e. The number of ether oxygens (including phenoxy) is 1. The molecule has 2 rings (SSSR count). The first kappa shape index (κ1) is 15.4. The zero-order valence-corrected chi connectivity index (χ0v) is 13.5. The van der Waals surface area contributed by atoms with Gasteiger partial charge in [0.05, 0.1) is 18.9 Å². The Labute approximate surface area is 131 Å². The van der Waals surface area contributed by atoms with Crippen LogP contribution in [0, 0.1) is 0 Å². The number of hydrogen-bond acceptors (Lipinski definition) is 4. The molecule has 1 aromatic heterocycles. The van der Waals surface area contributed by atoms with Crippen molar-refractivity contribution in [1.29, 1.82) is 0 Å². The molecule has 1 N–H and O–H groups in total. The molecule has 0 aliphatic heterocycles. The number of aromatic nitrogens is 1. The third-order valence-electron chi connectivity index (χ3n) is 2.63. The molecule has 0 spiro atoms. The summed E-state index contributed by atoms with van der Waals surface area (Å²) in [6.07, 6.45) is 2.77. The summed E-state index contributed by atoms with van der Waals surface area (Å²) in [7, 11) is 0. The number of rotatable bonds is 6. The molecular weight excluding hydrogens is 338 g/mol. The highest BCUT2D eigenvalue weighted by Gasteiger charge is 2.10. The number of hydrogen-bond donors (Lipinski definition) is 1. The molecule has 1 heterocycles. The fraction of sp³-hybridized carbons (Fsp3) is 0.267. The van der Waals surface area contributed by atoms with Crippen LogP contribution in [0.15, 0.2) is 52.1 Å². The van der Waals surface area contributed by atoms with E-state index in [0.717, 1.165) is 14.9 Å². The number of halogens is 1. The van der Waals surface area contributed by atoms with Gasteiger partial charge in [-0.25, -0.2) is 0 Å². The summed E-state index contributed by atoms with van der Waals surface area (Å²) in [6, 6.07) is 9.86. The van der Waals surface area contributed by atoms with Crippen molar-refractivity contribution in [3.05, 3.63) is 52.8 Å². The van der Waals surface area contributed by atoms with Crippen molar-refractivity contribution in [1.82, 2.24) is 4.98 Å². The molecule has 2 aromatic rings. The van der Waals surface area contributed by atoms with E-state index in [1.54, 1.807) is 24.2 Å². The van der Waals surface area contributed by atoms with Gasteiger partial charge in [-0.1, -0.05) is 22.0 Å². The van der Waals surface area contributed by atoms with Crippen molar-refractivity contribution < 1.29 is 9.84 Å². The first-order valence-electron chi connectivity index (χ1n) is 6.33. The molecule has 0 bridgehead atoms. The van der Waals surface area contributed by atoms with Gasteiger partial charge in [0, 0.05) is 26.9 Å². The normalized spacial score (nSPS) is 12.2. The maximum atomic E-state index is 10.2. The minimum Gasteiger partial charge on any atom is -0.492 e. The van der Waals surface area contributed by atoms with Gasteiger partial charge in [-0.05, 0) is 31.2 Å². The van der Waals surface area contributed by atoms with E-state index in [2.05, 4.69) is 20.9 Å². The first-order chi connectivity index (χ1) is 9.69. The standard InChI is InChI=1S/C15H16BrNO2S/c1-2-19-13-6-11(8-17-9-13)15(18)10-20-14-5-3-4-12(16)7-14/h3-9,15,18H,2,10H2,1H3. The van der Waals surface area contributed by atoms with Crippen LogP contribution in [0.1, 0.15) is 18.6 Å². The van der Waals surface area contributed by atoms with Crippen molar-refractivity contribution in [2.24, 2.45) is 0 Å². The van der Waals surface area contributed by atoms with E-state index in [1.807, 2.05) is 37.3 Å². The molecule has 0 saturated carbocycles. The summed E-state index contributed by atoms with van der Waals surface area (Å²) in [5, 5.41) is 10.2. The third kappa shape index (κ3) is 4.51. The summed E-state index contributed by atoms with van der Waals surface area (Å²) in [6.45, 7) is 2.51. The van der Waals surface area contributed by atoms with E-state index in [0.29, 0.717) is 18.1 Å². The maximum Gasteiger partial charge on any atom is 0.137 e. The molecule has 0 fully saturated rings. The summed E-state index contributed by atoms with van der Waals surface area (Å²) < 4.78 is 6.43. The molecule has 20 heavy (non-hydrogen) atoms. The molecule has 0 aliphatic carbocycles. The van der Waals surface area contributed by atoms with E-state index in [-0.39, 0.29) is 0 Å². The van der Waals surface area contributed by atoms with Gasteiger partial charge in [0.2, 0.25) is 0 Å². The fourth-order valence-electron chi connectivity index (χ4n) is 1.69. The highest BCUT2D eigenvalue weighted by atomic mass is 79.9. The van der Waals surface area contributed by atoms with Crippen LogP contribution in [0.4, 0.5) is 0 Å². The highest BCUT2D eigenvalue weighted by molar-refractivity contribution is 9.10. The summed E-state index contributed by atoms with van der Waals surface area (Å²) in [5.74, 6) is 1.27. The summed E-state index contributed by atoms with van der Waals surface area (Å²) in [5.41, 5.74) is 0.776. The molecule has 1 atom stereocenters. The van der Waals surface area contributed by atoms with Gasteiger partial charge in [-0.2, -0.15) is 0 Å². The average Bonchev–Trinajstić information content (AvgIpc) is 2.45. The first-order valence-corrected chi connectivity index (χ1v) is 8.11. The number of aliphatic hydroxyl groups excluding tert-OH is 1. The van der Waals surface area contributed by atoms with Gasteiger partial charge >= 0.3 is 0 Å². The number of benzene rings is 1. The van der Waals surface area contributed by atoms with Crippen molar-refractivity contribution in [3.63, 3.8) is 0 Å². The fourth-order valence-corrected chi connectivity index (χ4v) is 3.17. The summed E-state index contributed by atoms with van der Waals surface area (Å²) in [4.78, 5) is 5.21. The van der Waals surface area contributed by atoms with Gasteiger partial charge in [0.15, 0.2) is 0 Å². The third-order valence-corrected chi connectivity index (χ3v) is 4.20.